The van der Waals surface area contributed by atoms with Crippen LogP contribution in [0.5, 0.6) is 0 Å². The van der Waals surface area contributed by atoms with E-state index in [1.165, 1.54) is 6.04 Å². The molecule has 0 heterocycles. The van der Waals surface area contributed by atoms with E-state index in [0.29, 0.717) is 5.92 Å². The summed E-state index contributed by atoms with van der Waals surface area (Å²) in [4.78, 5) is 0. The first-order valence-corrected chi connectivity index (χ1v) is 9.58. The topological polar surface area (TPSA) is 12.5 Å². The zero-order valence-corrected chi connectivity index (χ0v) is 12.7. The van der Waals surface area contributed by atoms with E-state index in [-0.39, 0.29) is 0 Å². The molecule has 0 atom stereocenters. The summed E-state index contributed by atoms with van der Waals surface area (Å²) in [6.07, 6.45) is 0. The predicted molar refractivity (Wildman–Crippen MR) is 77.7 cm³/mol. The van der Waals surface area contributed by atoms with Gasteiger partial charge in [-0.2, -0.15) is 0 Å². The molecule has 3 heteroatoms. The van der Waals surface area contributed by atoms with Crippen LogP contribution in [0.25, 0.3) is 0 Å². The molecule has 1 rings (SSSR count). The van der Waals surface area contributed by atoms with E-state index in [4.69, 9.17) is 4.53 Å². The molecule has 0 aromatic heterocycles. The Labute approximate surface area is 107 Å². The molecule has 0 aliphatic carbocycles. The summed E-state index contributed by atoms with van der Waals surface area (Å²) in [6, 6.07) is 11.5. The maximum Gasteiger partial charge on any atom is 0.223 e. The van der Waals surface area contributed by atoms with Crippen LogP contribution in [0.3, 0.4) is 0 Å². The van der Waals surface area contributed by atoms with Gasteiger partial charge in [-0.05, 0) is 44.1 Å². The standard InChI is InChI=1S/C14H25NOSi/c1-6-15(14-10-8-7-9-11-14)16-17(4,5)12-13(2)3/h7-11,13H,6,12H2,1-5H3. The molecule has 0 unspecified atom stereocenters. The lowest BCUT2D eigenvalue weighted by Gasteiger charge is -2.33. The Morgan fingerprint density at radius 2 is 1.76 bits per heavy atom. The fraction of sp³-hybridized carbons (Fsp3) is 0.571. The van der Waals surface area contributed by atoms with Crippen molar-refractivity contribution in [1.82, 2.24) is 0 Å². The van der Waals surface area contributed by atoms with Crippen molar-refractivity contribution in [3.8, 4) is 0 Å². The van der Waals surface area contributed by atoms with Gasteiger partial charge >= 0.3 is 0 Å². The third-order valence-corrected chi connectivity index (χ3v) is 5.10. The van der Waals surface area contributed by atoms with Crippen molar-refractivity contribution in [3.63, 3.8) is 0 Å². The molecule has 0 spiro atoms. The molecule has 1 aromatic carbocycles. The molecule has 0 N–H and O–H groups in total. The number of para-hydroxylation sites is 1. The largest absolute Gasteiger partial charge is 0.320 e. The molecule has 0 radical (unpaired) electrons. The quantitative estimate of drug-likeness (QED) is 0.552. The van der Waals surface area contributed by atoms with Crippen LogP contribution in [0.1, 0.15) is 20.8 Å². The smallest absolute Gasteiger partial charge is 0.223 e. The molecule has 0 bridgehead atoms. The van der Waals surface area contributed by atoms with Gasteiger partial charge in [-0.3, -0.25) is 5.06 Å². The Balaban J connectivity index is 2.70. The number of hydroxylamine groups is 1. The van der Waals surface area contributed by atoms with Crippen LogP contribution in [0.2, 0.25) is 19.1 Å². The lowest BCUT2D eigenvalue weighted by atomic mass is 10.3. The van der Waals surface area contributed by atoms with Crippen molar-refractivity contribution in [2.45, 2.75) is 39.9 Å². The molecule has 17 heavy (non-hydrogen) atoms. The second kappa shape index (κ2) is 6.22. The average Bonchev–Trinajstić information content (AvgIpc) is 2.25. The molecule has 2 nitrogen and oxygen atoms in total. The van der Waals surface area contributed by atoms with Crippen molar-refractivity contribution >= 4 is 14.0 Å². The van der Waals surface area contributed by atoms with E-state index < -0.39 is 8.32 Å². The van der Waals surface area contributed by atoms with Gasteiger partial charge in [-0.15, -0.1) is 0 Å². The summed E-state index contributed by atoms with van der Waals surface area (Å²) >= 11 is 0. The normalized spacial score (nSPS) is 11.9. The van der Waals surface area contributed by atoms with E-state index >= 15 is 0 Å². The van der Waals surface area contributed by atoms with Crippen LogP contribution >= 0.6 is 0 Å². The zero-order valence-electron chi connectivity index (χ0n) is 11.7. The van der Waals surface area contributed by atoms with Crippen LogP contribution in [0.4, 0.5) is 5.69 Å². The van der Waals surface area contributed by atoms with Crippen molar-refractivity contribution in [3.05, 3.63) is 30.3 Å². The first-order chi connectivity index (χ1) is 7.94. The fourth-order valence-corrected chi connectivity index (χ4v) is 5.08. The van der Waals surface area contributed by atoms with Gasteiger partial charge in [0.2, 0.25) is 8.32 Å². The number of hydrogen-bond donors (Lipinski definition) is 0. The number of benzene rings is 1. The highest BCUT2D eigenvalue weighted by Crippen LogP contribution is 2.22. The molecule has 1 aromatic rings. The van der Waals surface area contributed by atoms with Crippen molar-refractivity contribution in [1.29, 1.82) is 0 Å². The minimum absolute atomic E-state index is 0.700. The summed E-state index contributed by atoms with van der Waals surface area (Å²) in [5, 5.41) is 2.04. The molecule has 0 amide bonds. The lowest BCUT2D eigenvalue weighted by Crippen LogP contribution is -2.41. The van der Waals surface area contributed by atoms with Crippen LogP contribution < -0.4 is 5.06 Å². The first kappa shape index (κ1) is 14.3. The van der Waals surface area contributed by atoms with Gasteiger partial charge in [0.05, 0.1) is 5.69 Å². The van der Waals surface area contributed by atoms with E-state index in [9.17, 15) is 0 Å². The molecule has 0 aliphatic rings. The average molecular weight is 251 g/mol. The van der Waals surface area contributed by atoms with Gasteiger partial charge in [-0.1, -0.05) is 32.0 Å². The van der Waals surface area contributed by atoms with Gasteiger partial charge in [0, 0.05) is 6.54 Å². The minimum Gasteiger partial charge on any atom is -0.320 e. The van der Waals surface area contributed by atoms with Gasteiger partial charge in [0.25, 0.3) is 0 Å². The highest BCUT2D eigenvalue weighted by atomic mass is 28.4. The van der Waals surface area contributed by atoms with Gasteiger partial charge < -0.3 is 4.53 Å². The molecule has 0 saturated carbocycles. The summed E-state index contributed by atoms with van der Waals surface area (Å²) in [6.45, 7) is 12.1. The van der Waals surface area contributed by atoms with Crippen molar-refractivity contribution in [2.24, 2.45) is 5.92 Å². The Morgan fingerprint density at radius 1 is 1.18 bits per heavy atom. The number of anilines is 1. The van der Waals surface area contributed by atoms with E-state index in [1.807, 2.05) is 11.1 Å². The third-order valence-electron chi connectivity index (χ3n) is 2.59. The Morgan fingerprint density at radius 3 is 2.24 bits per heavy atom. The summed E-state index contributed by atoms with van der Waals surface area (Å²) in [5.74, 6) is 0.700. The third kappa shape index (κ3) is 4.92. The van der Waals surface area contributed by atoms with Crippen molar-refractivity contribution in [2.75, 3.05) is 11.6 Å². The highest BCUT2D eigenvalue weighted by Gasteiger charge is 2.27. The van der Waals surface area contributed by atoms with E-state index in [2.05, 4.69) is 58.1 Å². The number of hydrogen-bond acceptors (Lipinski definition) is 2. The minimum atomic E-state index is -1.61. The Kier molecular flexibility index (Phi) is 5.21. The summed E-state index contributed by atoms with van der Waals surface area (Å²) in [7, 11) is -1.61. The van der Waals surface area contributed by atoms with Gasteiger partial charge in [-0.25, -0.2) is 0 Å². The second-order valence-electron chi connectivity index (χ2n) is 5.48. The monoisotopic (exact) mass is 251 g/mol. The molecule has 96 valence electrons. The zero-order chi connectivity index (χ0) is 12.9. The Bertz CT molecular complexity index is 324. The predicted octanol–water partition coefficient (Wildman–Crippen LogP) is 4.31. The molecular formula is C14H25NOSi. The second-order valence-corrected chi connectivity index (χ2v) is 9.59. The van der Waals surface area contributed by atoms with Gasteiger partial charge in [0.1, 0.15) is 0 Å². The maximum atomic E-state index is 6.26. The summed E-state index contributed by atoms with van der Waals surface area (Å²) in [5.41, 5.74) is 1.15. The fourth-order valence-electron chi connectivity index (χ4n) is 2.21. The molecule has 0 aliphatic heterocycles. The van der Waals surface area contributed by atoms with Crippen LogP contribution in [-0.2, 0) is 4.53 Å². The molecular weight excluding hydrogens is 226 g/mol. The highest BCUT2D eigenvalue weighted by molar-refractivity contribution is 6.71. The Hall–Kier alpha value is -0.803. The summed E-state index contributed by atoms with van der Waals surface area (Å²) < 4.78 is 6.26. The SMILES string of the molecule is CCN(O[Si](C)(C)CC(C)C)c1ccccc1. The number of nitrogens with zero attached hydrogens (tertiary/aromatic N) is 1. The van der Waals surface area contributed by atoms with E-state index in [1.54, 1.807) is 0 Å². The molecule has 0 saturated heterocycles. The van der Waals surface area contributed by atoms with Crippen LogP contribution in [-0.4, -0.2) is 14.9 Å². The maximum absolute atomic E-state index is 6.26. The number of rotatable bonds is 6. The lowest BCUT2D eigenvalue weighted by molar-refractivity contribution is 0.270. The van der Waals surface area contributed by atoms with E-state index in [0.717, 1.165) is 12.2 Å². The van der Waals surface area contributed by atoms with Crippen LogP contribution in [0.15, 0.2) is 30.3 Å². The van der Waals surface area contributed by atoms with Gasteiger partial charge in [0.15, 0.2) is 0 Å². The van der Waals surface area contributed by atoms with Crippen molar-refractivity contribution < 1.29 is 4.53 Å². The molecule has 0 fully saturated rings. The first-order valence-electron chi connectivity index (χ1n) is 6.46. The van der Waals surface area contributed by atoms with Crippen LogP contribution in [0, 0.1) is 5.92 Å².